The van der Waals surface area contributed by atoms with Crippen LogP contribution in [0.2, 0.25) is 0 Å². The van der Waals surface area contributed by atoms with Gasteiger partial charge < -0.3 is 5.73 Å². The van der Waals surface area contributed by atoms with E-state index in [1.165, 1.54) is 30.4 Å². The van der Waals surface area contributed by atoms with Crippen molar-refractivity contribution < 1.29 is 4.79 Å². The van der Waals surface area contributed by atoms with Gasteiger partial charge in [-0.05, 0) is 18.9 Å². The number of hydrogen-bond donors (Lipinski definition) is 1. The second kappa shape index (κ2) is 3.20. The van der Waals surface area contributed by atoms with Crippen LogP contribution >= 0.6 is 0 Å². The molecule has 1 aromatic heterocycles. The van der Waals surface area contributed by atoms with Crippen molar-refractivity contribution in [2.75, 3.05) is 0 Å². The average molecular weight is 179 g/mol. The summed E-state index contributed by atoms with van der Waals surface area (Å²) in [6.45, 7) is 0. The zero-order valence-electron chi connectivity index (χ0n) is 7.44. The Bertz CT molecular complexity index is 312. The van der Waals surface area contributed by atoms with E-state index in [-0.39, 0.29) is 0 Å². The number of hydrogen-bond acceptors (Lipinski definition) is 2. The molecule has 0 radical (unpaired) electrons. The number of primary amides is 1. The molecule has 70 valence electrons. The maximum absolute atomic E-state index is 10.8. The topological polar surface area (TPSA) is 60.9 Å². The Morgan fingerprint density at radius 3 is 2.77 bits per heavy atom. The van der Waals surface area contributed by atoms with Crippen LogP contribution in [0.25, 0.3) is 0 Å². The first-order valence-corrected chi connectivity index (χ1v) is 4.63. The number of nitrogens with zero attached hydrogens (tertiary/aromatic N) is 2. The van der Waals surface area contributed by atoms with Crippen LogP contribution in [-0.4, -0.2) is 15.8 Å². The minimum absolute atomic E-state index is 0.510. The smallest absolute Gasteiger partial charge is 0.339 e. The zero-order valence-corrected chi connectivity index (χ0v) is 7.44. The van der Waals surface area contributed by atoms with E-state index >= 15 is 0 Å². The molecule has 1 aliphatic rings. The summed E-state index contributed by atoms with van der Waals surface area (Å²) in [5.74, 6) is 0.542. The number of rotatable bonds is 1. The minimum atomic E-state index is -0.510. The third kappa shape index (κ3) is 1.56. The highest BCUT2D eigenvalue weighted by molar-refractivity contribution is 5.73. The summed E-state index contributed by atoms with van der Waals surface area (Å²) in [4.78, 5) is 10.8. The molecule has 0 aromatic carbocycles. The maximum atomic E-state index is 10.8. The number of carbonyl (C=O) groups excluding carboxylic acids is 1. The van der Waals surface area contributed by atoms with Crippen molar-refractivity contribution in [3.8, 4) is 0 Å². The van der Waals surface area contributed by atoms with Crippen molar-refractivity contribution in [2.24, 2.45) is 5.73 Å². The van der Waals surface area contributed by atoms with Crippen LogP contribution in [0.15, 0.2) is 12.3 Å². The van der Waals surface area contributed by atoms with E-state index in [0.29, 0.717) is 5.92 Å². The molecule has 13 heavy (non-hydrogen) atoms. The number of carbonyl (C=O) groups is 1. The lowest BCUT2D eigenvalue weighted by Gasteiger charge is -2.02. The molecular weight excluding hydrogens is 166 g/mol. The molecule has 1 saturated carbocycles. The zero-order chi connectivity index (χ0) is 9.26. The molecule has 0 unspecified atom stereocenters. The largest absolute Gasteiger partial charge is 0.350 e. The van der Waals surface area contributed by atoms with Crippen LogP contribution < -0.4 is 5.73 Å². The van der Waals surface area contributed by atoms with Crippen molar-refractivity contribution in [3.05, 3.63) is 18.0 Å². The second-order valence-electron chi connectivity index (χ2n) is 3.50. The van der Waals surface area contributed by atoms with Gasteiger partial charge in [0.2, 0.25) is 0 Å². The lowest BCUT2D eigenvalue weighted by molar-refractivity contribution is 0.247. The Hall–Kier alpha value is -1.32. The van der Waals surface area contributed by atoms with Crippen molar-refractivity contribution in [2.45, 2.75) is 31.6 Å². The molecule has 0 bridgehead atoms. The van der Waals surface area contributed by atoms with E-state index in [1.54, 1.807) is 6.20 Å². The molecule has 2 N–H and O–H groups in total. The molecule has 4 nitrogen and oxygen atoms in total. The molecule has 1 aromatic rings. The number of amides is 1. The predicted octanol–water partition coefficient (Wildman–Crippen LogP) is 1.47. The van der Waals surface area contributed by atoms with Crippen molar-refractivity contribution >= 4 is 6.03 Å². The first kappa shape index (κ1) is 8.29. The Labute approximate surface area is 76.7 Å². The second-order valence-corrected chi connectivity index (χ2v) is 3.50. The molecule has 0 saturated heterocycles. The molecule has 1 aliphatic carbocycles. The summed E-state index contributed by atoms with van der Waals surface area (Å²) in [5.41, 5.74) is 6.10. The molecule has 2 rings (SSSR count). The first-order chi connectivity index (χ1) is 6.27. The van der Waals surface area contributed by atoms with E-state index in [4.69, 9.17) is 5.73 Å². The van der Waals surface area contributed by atoms with E-state index in [2.05, 4.69) is 5.10 Å². The standard InChI is InChI=1S/C9H13N3O/c10-9(13)12-6-5-8(11-12)7-3-1-2-4-7/h5-7H,1-4H2,(H2,10,13). The van der Waals surface area contributed by atoms with Crippen LogP contribution in [0.4, 0.5) is 4.79 Å². The van der Waals surface area contributed by atoms with Gasteiger partial charge in [-0.1, -0.05) is 12.8 Å². The lowest BCUT2D eigenvalue weighted by atomic mass is 10.1. The van der Waals surface area contributed by atoms with Crippen LogP contribution in [-0.2, 0) is 0 Å². The lowest BCUT2D eigenvalue weighted by Crippen LogP contribution is -2.20. The van der Waals surface area contributed by atoms with Gasteiger partial charge in [0.05, 0.1) is 5.69 Å². The fraction of sp³-hybridized carbons (Fsp3) is 0.556. The summed E-state index contributed by atoms with van der Waals surface area (Å²) < 4.78 is 1.20. The van der Waals surface area contributed by atoms with E-state index < -0.39 is 6.03 Å². The molecule has 0 atom stereocenters. The summed E-state index contributed by atoms with van der Waals surface area (Å²) in [6, 6.07) is 1.38. The Kier molecular flexibility index (Phi) is 2.04. The molecule has 1 amide bonds. The highest BCUT2D eigenvalue weighted by Gasteiger charge is 2.19. The van der Waals surface area contributed by atoms with Gasteiger partial charge >= 0.3 is 6.03 Å². The Morgan fingerprint density at radius 2 is 2.23 bits per heavy atom. The van der Waals surface area contributed by atoms with Gasteiger partial charge in [-0.25, -0.2) is 4.79 Å². The Morgan fingerprint density at radius 1 is 1.54 bits per heavy atom. The van der Waals surface area contributed by atoms with Gasteiger partial charge in [-0.3, -0.25) is 0 Å². The summed E-state index contributed by atoms with van der Waals surface area (Å²) in [6.07, 6.45) is 6.56. The Balaban J connectivity index is 2.16. The molecule has 0 spiro atoms. The minimum Gasteiger partial charge on any atom is -0.350 e. The maximum Gasteiger partial charge on any atom is 0.339 e. The molecule has 1 fully saturated rings. The predicted molar refractivity (Wildman–Crippen MR) is 48.4 cm³/mol. The monoisotopic (exact) mass is 179 g/mol. The van der Waals surface area contributed by atoms with Gasteiger partial charge in [-0.2, -0.15) is 9.78 Å². The fourth-order valence-corrected chi connectivity index (χ4v) is 1.90. The third-order valence-corrected chi connectivity index (χ3v) is 2.61. The SMILES string of the molecule is NC(=O)n1ccc(C2CCCC2)n1. The highest BCUT2D eigenvalue weighted by Crippen LogP contribution is 2.32. The molecule has 0 aliphatic heterocycles. The van der Waals surface area contributed by atoms with Crippen LogP contribution in [0.5, 0.6) is 0 Å². The third-order valence-electron chi connectivity index (χ3n) is 2.61. The van der Waals surface area contributed by atoms with Gasteiger partial charge in [0, 0.05) is 12.1 Å². The van der Waals surface area contributed by atoms with Crippen molar-refractivity contribution in [1.29, 1.82) is 0 Å². The van der Waals surface area contributed by atoms with Crippen LogP contribution in [0.3, 0.4) is 0 Å². The average Bonchev–Trinajstić information content (AvgIpc) is 2.75. The van der Waals surface area contributed by atoms with Crippen LogP contribution in [0.1, 0.15) is 37.3 Å². The highest BCUT2D eigenvalue weighted by atomic mass is 16.2. The van der Waals surface area contributed by atoms with E-state index in [0.717, 1.165) is 5.69 Å². The quantitative estimate of drug-likeness (QED) is 0.709. The van der Waals surface area contributed by atoms with Gasteiger partial charge in [0.1, 0.15) is 0 Å². The fourth-order valence-electron chi connectivity index (χ4n) is 1.90. The normalized spacial score (nSPS) is 17.8. The summed E-state index contributed by atoms with van der Waals surface area (Å²) in [7, 11) is 0. The van der Waals surface area contributed by atoms with E-state index in [1.807, 2.05) is 6.07 Å². The van der Waals surface area contributed by atoms with Gasteiger partial charge in [0.25, 0.3) is 0 Å². The van der Waals surface area contributed by atoms with Crippen molar-refractivity contribution in [1.82, 2.24) is 9.78 Å². The van der Waals surface area contributed by atoms with Crippen LogP contribution in [0, 0.1) is 0 Å². The number of nitrogens with two attached hydrogens (primary N) is 1. The molecule has 1 heterocycles. The summed E-state index contributed by atoms with van der Waals surface area (Å²) >= 11 is 0. The van der Waals surface area contributed by atoms with Crippen molar-refractivity contribution in [3.63, 3.8) is 0 Å². The molecule has 4 heteroatoms. The van der Waals surface area contributed by atoms with Gasteiger partial charge in [0.15, 0.2) is 0 Å². The molecular formula is C9H13N3O. The van der Waals surface area contributed by atoms with E-state index in [9.17, 15) is 4.79 Å². The number of aromatic nitrogens is 2. The van der Waals surface area contributed by atoms with Gasteiger partial charge in [-0.15, -0.1) is 0 Å². The first-order valence-electron chi connectivity index (χ1n) is 4.63. The summed E-state index contributed by atoms with van der Waals surface area (Å²) in [5, 5.41) is 4.13.